The van der Waals surface area contributed by atoms with Gasteiger partial charge in [0.15, 0.2) is 0 Å². The van der Waals surface area contributed by atoms with Crippen LogP contribution in [0.25, 0.3) is 11.5 Å². The number of aromatic nitrogens is 1. The van der Waals surface area contributed by atoms with Gasteiger partial charge in [-0.2, -0.15) is 0 Å². The van der Waals surface area contributed by atoms with Crippen LogP contribution in [0.3, 0.4) is 0 Å². The van der Waals surface area contributed by atoms with Crippen molar-refractivity contribution in [3.63, 3.8) is 0 Å². The number of nitrogens with zero attached hydrogens (tertiary/aromatic N) is 1. The van der Waals surface area contributed by atoms with Crippen molar-refractivity contribution in [3.05, 3.63) is 41.3 Å². The van der Waals surface area contributed by atoms with Crippen molar-refractivity contribution in [2.45, 2.75) is 52.2 Å². The average molecular weight is 343 g/mol. The third kappa shape index (κ3) is 4.28. The lowest BCUT2D eigenvalue weighted by Crippen LogP contribution is -2.28. The Morgan fingerprint density at radius 3 is 2.72 bits per heavy atom. The molecule has 1 aliphatic rings. The molecule has 0 bridgehead atoms. The van der Waals surface area contributed by atoms with Crippen LogP contribution in [0.5, 0.6) is 0 Å². The van der Waals surface area contributed by atoms with Gasteiger partial charge in [-0.15, -0.1) is 0 Å². The Bertz CT molecular complexity index is 720. The van der Waals surface area contributed by atoms with Crippen LogP contribution in [0.1, 0.15) is 42.7 Å². The highest BCUT2D eigenvalue weighted by atomic mass is 16.5. The average Bonchev–Trinajstić information content (AvgIpc) is 3.01. The Morgan fingerprint density at radius 2 is 2.00 bits per heavy atom. The van der Waals surface area contributed by atoms with Gasteiger partial charge in [-0.3, -0.25) is 4.79 Å². The number of rotatable bonds is 5. The molecule has 0 saturated heterocycles. The molecule has 0 radical (unpaired) electrons. The van der Waals surface area contributed by atoms with Crippen LogP contribution < -0.4 is 0 Å². The second-order valence-corrected chi connectivity index (χ2v) is 6.71. The zero-order chi connectivity index (χ0) is 17.8. The van der Waals surface area contributed by atoms with E-state index >= 15 is 0 Å². The minimum Gasteiger partial charge on any atom is -0.469 e. The fourth-order valence-corrected chi connectivity index (χ4v) is 3.26. The fraction of sp³-hybridized carbons (Fsp3) is 0.500. The van der Waals surface area contributed by atoms with E-state index in [2.05, 4.69) is 11.9 Å². The Balaban J connectivity index is 1.62. The molecule has 0 N–H and O–H groups in total. The standard InChI is InChI=1S/C20H25NO4/c1-13-7-9-15(10-8-13)19-21-18(14(2)25-19)12-24-17-6-4-5-16(11-17)20(22)23-3/h7-10,16-17H,4-6,11-12H2,1-3H3. The summed E-state index contributed by atoms with van der Waals surface area (Å²) in [6.07, 6.45) is 3.62. The lowest BCUT2D eigenvalue weighted by molar-refractivity contribution is -0.148. The predicted octanol–water partition coefficient (Wildman–Crippen LogP) is 4.21. The van der Waals surface area contributed by atoms with Crippen LogP contribution in [0.4, 0.5) is 0 Å². The highest BCUT2D eigenvalue weighted by molar-refractivity contribution is 5.72. The molecule has 1 aromatic carbocycles. The van der Waals surface area contributed by atoms with E-state index in [1.54, 1.807) is 0 Å². The van der Waals surface area contributed by atoms with Crippen molar-refractivity contribution in [1.29, 1.82) is 0 Å². The maximum absolute atomic E-state index is 11.7. The second kappa shape index (κ2) is 7.83. The molecule has 1 aromatic heterocycles. The Labute approximate surface area is 148 Å². The molecule has 134 valence electrons. The number of carbonyl (C=O) groups is 1. The molecule has 25 heavy (non-hydrogen) atoms. The lowest BCUT2D eigenvalue weighted by Gasteiger charge is -2.27. The van der Waals surface area contributed by atoms with Gasteiger partial charge in [-0.25, -0.2) is 4.98 Å². The number of oxazole rings is 1. The van der Waals surface area contributed by atoms with Crippen LogP contribution in [0, 0.1) is 19.8 Å². The van der Waals surface area contributed by atoms with Crippen LogP contribution in [-0.2, 0) is 20.9 Å². The lowest BCUT2D eigenvalue weighted by atomic mass is 9.87. The molecule has 2 atom stereocenters. The summed E-state index contributed by atoms with van der Waals surface area (Å²) >= 11 is 0. The van der Waals surface area contributed by atoms with E-state index in [1.807, 2.05) is 31.2 Å². The summed E-state index contributed by atoms with van der Waals surface area (Å²) in [5, 5.41) is 0. The van der Waals surface area contributed by atoms with E-state index < -0.39 is 0 Å². The second-order valence-electron chi connectivity index (χ2n) is 6.71. The summed E-state index contributed by atoms with van der Waals surface area (Å²) < 4.78 is 16.7. The molecule has 5 nitrogen and oxygen atoms in total. The number of carbonyl (C=O) groups excluding carboxylic acids is 1. The topological polar surface area (TPSA) is 61.6 Å². The molecular formula is C20H25NO4. The molecule has 2 unspecified atom stereocenters. The van der Waals surface area contributed by atoms with Gasteiger partial charge in [0.05, 0.1) is 25.7 Å². The quantitative estimate of drug-likeness (QED) is 0.761. The van der Waals surface area contributed by atoms with Crippen molar-refractivity contribution in [2.75, 3.05) is 7.11 Å². The first kappa shape index (κ1) is 17.7. The van der Waals surface area contributed by atoms with Crippen molar-refractivity contribution >= 4 is 5.97 Å². The van der Waals surface area contributed by atoms with Gasteiger partial charge >= 0.3 is 5.97 Å². The monoisotopic (exact) mass is 343 g/mol. The molecule has 5 heteroatoms. The number of hydrogen-bond donors (Lipinski definition) is 0. The number of ether oxygens (including phenoxy) is 2. The minimum atomic E-state index is -0.132. The van der Waals surface area contributed by atoms with E-state index in [9.17, 15) is 4.79 Å². The SMILES string of the molecule is COC(=O)C1CCCC(OCc2nc(-c3ccc(C)cc3)oc2C)C1. The third-order valence-corrected chi connectivity index (χ3v) is 4.81. The maximum atomic E-state index is 11.7. The smallest absolute Gasteiger partial charge is 0.308 e. The van der Waals surface area contributed by atoms with Crippen LogP contribution in [0.2, 0.25) is 0 Å². The molecule has 3 rings (SSSR count). The summed E-state index contributed by atoms with van der Waals surface area (Å²) in [6, 6.07) is 8.10. The molecule has 2 aromatic rings. The van der Waals surface area contributed by atoms with Gasteiger partial charge in [0.1, 0.15) is 11.5 Å². The summed E-state index contributed by atoms with van der Waals surface area (Å²) in [4.78, 5) is 16.3. The normalized spacial score (nSPS) is 20.4. The van der Waals surface area contributed by atoms with Gasteiger partial charge in [-0.1, -0.05) is 24.1 Å². The Morgan fingerprint density at radius 1 is 1.24 bits per heavy atom. The Hall–Kier alpha value is -2.14. The number of methoxy groups -OCH3 is 1. The number of esters is 1. The largest absolute Gasteiger partial charge is 0.469 e. The minimum absolute atomic E-state index is 0.0507. The maximum Gasteiger partial charge on any atom is 0.308 e. The van der Waals surface area contributed by atoms with Gasteiger partial charge in [-0.05, 0) is 45.2 Å². The molecule has 0 aliphatic heterocycles. The zero-order valence-electron chi connectivity index (χ0n) is 15.1. The van der Waals surface area contributed by atoms with Crippen molar-refractivity contribution < 1.29 is 18.7 Å². The first-order valence-corrected chi connectivity index (χ1v) is 8.79. The number of hydrogen-bond acceptors (Lipinski definition) is 5. The van der Waals surface area contributed by atoms with Crippen molar-refractivity contribution in [2.24, 2.45) is 5.92 Å². The first-order valence-electron chi connectivity index (χ1n) is 8.79. The van der Waals surface area contributed by atoms with Crippen LogP contribution in [0.15, 0.2) is 28.7 Å². The zero-order valence-corrected chi connectivity index (χ0v) is 15.1. The van der Waals surface area contributed by atoms with Crippen LogP contribution >= 0.6 is 0 Å². The van der Waals surface area contributed by atoms with Crippen LogP contribution in [-0.4, -0.2) is 24.2 Å². The molecule has 1 fully saturated rings. The third-order valence-electron chi connectivity index (χ3n) is 4.81. The van der Waals surface area contributed by atoms with E-state index in [4.69, 9.17) is 13.9 Å². The molecule has 0 spiro atoms. The van der Waals surface area contributed by atoms with Gasteiger partial charge in [0.25, 0.3) is 0 Å². The van der Waals surface area contributed by atoms with Gasteiger partial charge in [0.2, 0.25) is 5.89 Å². The van der Waals surface area contributed by atoms with E-state index in [0.29, 0.717) is 18.9 Å². The molecule has 1 aliphatic carbocycles. The summed E-state index contributed by atoms with van der Waals surface area (Å²) in [6.45, 7) is 4.36. The predicted molar refractivity (Wildman–Crippen MR) is 94.0 cm³/mol. The molecule has 1 heterocycles. The summed E-state index contributed by atoms with van der Waals surface area (Å²) in [7, 11) is 1.44. The molecule has 0 amide bonds. The highest BCUT2D eigenvalue weighted by Gasteiger charge is 2.28. The van der Waals surface area contributed by atoms with E-state index in [1.165, 1.54) is 12.7 Å². The van der Waals surface area contributed by atoms with Gasteiger partial charge in [0, 0.05) is 5.56 Å². The first-order chi connectivity index (χ1) is 12.1. The van der Waals surface area contributed by atoms with Gasteiger partial charge < -0.3 is 13.9 Å². The Kier molecular flexibility index (Phi) is 5.53. The van der Waals surface area contributed by atoms with Crippen molar-refractivity contribution in [3.8, 4) is 11.5 Å². The van der Waals surface area contributed by atoms with E-state index in [-0.39, 0.29) is 18.0 Å². The summed E-state index contributed by atoms with van der Waals surface area (Å²) in [5.74, 6) is 1.21. The van der Waals surface area contributed by atoms with E-state index in [0.717, 1.165) is 36.3 Å². The number of benzene rings is 1. The van der Waals surface area contributed by atoms with Crippen molar-refractivity contribution in [1.82, 2.24) is 4.98 Å². The highest BCUT2D eigenvalue weighted by Crippen LogP contribution is 2.29. The fourth-order valence-electron chi connectivity index (χ4n) is 3.26. The number of aryl methyl sites for hydroxylation is 2. The summed E-state index contributed by atoms with van der Waals surface area (Å²) in [5.41, 5.74) is 2.98. The molecular weight excluding hydrogens is 318 g/mol. The molecule has 1 saturated carbocycles.